The van der Waals surface area contributed by atoms with Crippen molar-refractivity contribution in [2.24, 2.45) is 0 Å². The number of hydrogen-bond donors (Lipinski definition) is 1. The van der Waals surface area contributed by atoms with Gasteiger partial charge in [0.1, 0.15) is 17.6 Å². The predicted molar refractivity (Wildman–Crippen MR) is 85.7 cm³/mol. The summed E-state index contributed by atoms with van der Waals surface area (Å²) in [6.45, 7) is 2.95. The summed E-state index contributed by atoms with van der Waals surface area (Å²) < 4.78 is 10.7. The molecule has 1 aromatic heterocycles. The molecule has 1 aliphatic heterocycles. The van der Waals surface area contributed by atoms with Gasteiger partial charge >= 0.3 is 11.7 Å². The van der Waals surface area contributed by atoms with Crippen LogP contribution in [0.25, 0.3) is 0 Å². The van der Waals surface area contributed by atoms with Crippen LogP contribution < -0.4 is 15.7 Å². The Balaban J connectivity index is 1.51. The van der Waals surface area contributed by atoms with Gasteiger partial charge in [0.2, 0.25) is 0 Å². The van der Waals surface area contributed by atoms with Gasteiger partial charge in [-0.15, -0.1) is 0 Å². The minimum Gasteiger partial charge on any atom is -0.488 e. The van der Waals surface area contributed by atoms with Gasteiger partial charge in [0, 0.05) is 25.1 Å². The third-order valence-electron chi connectivity index (χ3n) is 4.53. The average Bonchev–Trinajstić information content (AvgIpc) is 2.96. The zero-order valence-electron chi connectivity index (χ0n) is 13.5. The summed E-state index contributed by atoms with van der Waals surface area (Å²) in [6.07, 6.45) is 6.54. The second-order valence-electron chi connectivity index (χ2n) is 6.48. The Morgan fingerprint density at radius 3 is 2.78 bits per heavy atom. The van der Waals surface area contributed by atoms with E-state index in [1.807, 2.05) is 0 Å². The molecule has 0 aromatic carbocycles. The summed E-state index contributed by atoms with van der Waals surface area (Å²) in [6, 6.07) is 3.37. The standard InChI is InChI=1S/C17H24N2O4/c1-12-9-15(10-16(20)22-12)23-14-7-8-19(11-14)17(21)18-13-5-3-2-4-6-13/h9-10,13-14H,2-8,11H2,1H3,(H,18,21). The van der Waals surface area contributed by atoms with E-state index in [1.165, 1.54) is 25.3 Å². The molecule has 2 fully saturated rings. The fourth-order valence-corrected chi connectivity index (χ4v) is 3.36. The minimum atomic E-state index is -0.412. The van der Waals surface area contributed by atoms with Crippen molar-refractivity contribution in [3.8, 4) is 5.75 Å². The lowest BCUT2D eigenvalue weighted by molar-refractivity contribution is 0.181. The monoisotopic (exact) mass is 320 g/mol. The molecule has 2 heterocycles. The summed E-state index contributed by atoms with van der Waals surface area (Å²) >= 11 is 0. The number of urea groups is 1. The number of carbonyl (C=O) groups is 1. The third-order valence-corrected chi connectivity index (χ3v) is 4.53. The SMILES string of the molecule is Cc1cc(OC2CCN(C(=O)NC3CCCCC3)C2)cc(=O)o1. The van der Waals surface area contributed by atoms with Crippen molar-refractivity contribution in [1.29, 1.82) is 0 Å². The number of nitrogens with one attached hydrogen (secondary N) is 1. The molecule has 2 aliphatic rings. The van der Waals surface area contributed by atoms with E-state index in [0.29, 0.717) is 30.6 Å². The molecule has 126 valence electrons. The Morgan fingerprint density at radius 2 is 2.04 bits per heavy atom. The van der Waals surface area contributed by atoms with Gasteiger partial charge in [-0.1, -0.05) is 19.3 Å². The number of hydrogen-bond acceptors (Lipinski definition) is 4. The molecule has 1 unspecified atom stereocenters. The summed E-state index contributed by atoms with van der Waals surface area (Å²) in [5.74, 6) is 1.04. The van der Waals surface area contributed by atoms with Crippen molar-refractivity contribution in [2.75, 3.05) is 13.1 Å². The van der Waals surface area contributed by atoms with E-state index in [2.05, 4.69) is 5.32 Å². The Morgan fingerprint density at radius 1 is 1.26 bits per heavy atom. The Hall–Kier alpha value is -1.98. The van der Waals surface area contributed by atoms with Gasteiger partial charge in [-0.3, -0.25) is 0 Å². The fraction of sp³-hybridized carbons (Fsp3) is 0.647. The quantitative estimate of drug-likeness (QED) is 0.928. The second-order valence-corrected chi connectivity index (χ2v) is 6.48. The number of carbonyl (C=O) groups excluding carboxylic acids is 1. The first-order valence-electron chi connectivity index (χ1n) is 8.44. The first-order chi connectivity index (χ1) is 11.1. The van der Waals surface area contributed by atoms with E-state index in [0.717, 1.165) is 19.3 Å². The van der Waals surface area contributed by atoms with Crippen molar-refractivity contribution >= 4 is 6.03 Å². The highest BCUT2D eigenvalue weighted by Gasteiger charge is 2.29. The van der Waals surface area contributed by atoms with Crippen LogP contribution in [-0.4, -0.2) is 36.2 Å². The van der Waals surface area contributed by atoms with Crippen molar-refractivity contribution in [3.05, 3.63) is 28.3 Å². The molecule has 1 N–H and O–H groups in total. The lowest BCUT2D eigenvalue weighted by atomic mass is 9.96. The summed E-state index contributed by atoms with van der Waals surface area (Å²) in [7, 11) is 0. The maximum Gasteiger partial charge on any atom is 0.339 e. The average molecular weight is 320 g/mol. The topological polar surface area (TPSA) is 71.8 Å². The van der Waals surface area contributed by atoms with Crippen LogP contribution in [0, 0.1) is 6.92 Å². The van der Waals surface area contributed by atoms with Crippen molar-refractivity contribution in [1.82, 2.24) is 10.2 Å². The zero-order valence-corrected chi connectivity index (χ0v) is 13.5. The van der Waals surface area contributed by atoms with Crippen LogP contribution in [0.1, 0.15) is 44.3 Å². The van der Waals surface area contributed by atoms with E-state index in [-0.39, 0.29) is 12.1 Å². The first-order valence-corrected chi connectivity index (χ1v) is 8.44. The molecule has 1 aromatic rings. The number of rotatable bonds is 3. The maximum atomic E-state index is 12.3. The molecule has 6 nitrogen and oxygen atoms in total. The van der Waals surface area contributed by atoms with Crippen molar-refractivity contribution in [2.45, 2.75) is 57.6 Å². The highest BCUT2D eigenvalue weighted by Crippen LogP contribution is 2.20. The highest BCUT2D eigenvalue weighted by molar-refractivity contribution is 5.74. The van der Waals surface area contributed by atoms with Crippen LogP contribution >= 0.6 is 0 Å². The van der Waals surface area contributed by atoms with Crippen LogP contribution in [0.15, 0.2) is 21.3 Å². The van der Waals surface area contributed by atoms with E-state index >= 15 is 0 Å². The molecule has 2 amide bonds. The normalized spacial score (nSPS) is 22.1. The molecule has 3 rings (SSSR count). The Kier molecular flexibility index (Phi) is 4.88. The molecule has 1 aliphatic carbocycles. The highest BCUT2D eigenvalue weighted by atomic mass is 16.5. The van der Waals surface area contributed by atoms with Gasteiger partial charge in [-0.05, 0) is 19.8 Å². The van der Waals surface area contributed by atoms with Crippen molar-refractivity contribution in [3.63, 3.8) is 0 Å². The summed E-state index contributed by atoms with van der Waals surface area (Å²) in [4.78, 5) is 25.5. The van der Waals surface area contributed by atoms with E-state index in [9.17, 15) is 9.59 Å². The molecule has 0 radical (unpaired) electrons. The molecule has 1 saturated carbocycles. The molecule has 1 atom stereocenters. The van der Waals surface area contributed by atoms with Crippen LogP contribution in [0.5, 0.6) is 5.75 Å². The molecule has 0 bridgehead atoms. The van der Waals surface area contributed by atoms with E-state index < -0.39 is 5.63 Å². The van der Waals surface area contributed by atoms with Gasteiger partial charge in [0.15, 0.2) is 0 Å². The number of ether oxygens (including phenoxy) is 1. The van der Waals surface area contributed by atoms with Crippen molar-refractivity contribution < 1.29 is 13.9 Å². The van der Waals surface area contributed by atoms with E-state index in [4.69, 9.17) is 9.15 Å². The van der Waals surface area contributed by atoms with Gasteiger partial charge in [0.05, 0.1) is 12.6 Å². The molecule has 1 saturated heterocycles. The summed E-state index contributed by atoms with van der Waals surface area (Å²) in [5, 5.41) is 3.13. The molecular weight excluding hydrogens is 296 g/mol. The molecule has 0 spiro atoms. The van der Waals surface area contributed by atoms with E-state index in [1.54, 1.807) is 17.9 Å². The fourth-order valence-electron chi connectivity index (χ4n) is 3.36. The number of amides is 2. The lowest BCUT2D eigenvalue weighted by Gasteiger charge is -2.26. The van der Waals surface area contributed by atoms with Crippen LogP contribution in [0.3, 0.4) is 0 Å². The van der Waals surface area contributed by atoms with Gasteiger partial charge < -0.3 is 19.4 Å². The number of likely N-dealkylation sites (tertiary alicyclic amines) is 1. The molecular formula is C17H24N2O4. The predicted octanol–water partition coefficient (Wildman–Crippen LogP) is 2.44. The third kappa shape index (κ3) is 4.27. The smallest absolute Gasteiger partial charge is 0.339 e. The number of nitrogens with zero attached hydrogens (tertiary/aromatic N) is 1. The Labute approximate surface area is 135 Å². The first kappa shape index (κ1) is 15.9. The zero-order chi connectivity index (χ0) is 16.2. The van der Waals surface area contributed by atoms with Crippen LogP contribution in [-0.2, 0) is 0 Å². The molecule has 23 heavy (non-hydrogen) atoms. The van der Waals surface area contributed by atoms with Gasteiger partial charge in [0.25, 0.3) is 0 Å². The molecule has 6 heteroatoms. The maximum absolute atomic E-state index is 12.3. The second kappa shape index (κ2) is 7.06. The van der Waals surface area contributed by atoms with Gasteiger partial charge in [-0.2, -0.15) is 0 Å². The van der Waals surface area contributed by atoms with Crippen LogP contribution in [0.4, 0.5) is 4.79 Å². The minimum absolute atomic E-state index is 0.00626. The van der Waals surface area contributed by atoms with Gasteiger partial charge in [-0.25, -0.2) is 9.59 Å². The number of aryl methyl sites for hydroxylation is 1. The Bertz CT molecular complexity index is 607. The van der Waals surface area contributed by atoms with Crippen LogP contribution in [0.2, 0.25) is 0 Å². The summed E-state index contributed by atoms with van der Waals surface area (Å²) in [5.41, 5.74) is -0.412. The largest absolute Gasteiger partial charge is 0.488 e. The lowest BCUT2D eigenvalue weighted by Crippen LogP contribution is -2.45.